The molecule has 0 aliphatic rings. The smallest absolute Gasteiger partial charge is 0.0735 e. The molecule has 0 aliphatic heterocycles. The van der Waals surface area contributed by atoms with E-state index in [9.17, 15) is 0 Å². The van der Waals surface area contributed by atoms with E-state index in [1.807, 2.05) is 13.0 Å². The number of halogens is 1. The number of rotatable bonds is 0. The first kappa shape index (κ1) is 9.47. The Morgan fingerprint density at radius 3 is 2.50 bits per heavy atom. The molecular weight excluding hydrogens is 194 g/mol. The summed E-state index contributed by atoms with van der Waals surface area (Å²) in [5.74, 6) is 0. The molecule has 0 unspecified atom stereocenters. The van der Waals surface area contributed by atoms with Crippen LogP contribution in [0.2, 0.25) is 5.02 Å². The van der Waals surface area contributed by atoms with Gasteiger partial charge in [-0.25, -0.2) is 0 Å². The van der Waals surface area contributed by atoms with Crippen molar-refractivity contribution >= 4 is 22.5 Å². The molecular formula is C12H12ClN. The Balaban J connectivity index is 2.89. The van der Waals surface area contributed by atoms with E-state index in [-0.39, 0.29) is 0 Å². The van der Waals surface area contributed by atoms with Gasteiger partial charge in [-0.3, -0.25) is 4.98 Å². The van der Waals surface area contributed by atoms with E-state index in [2.05, 4.69) is 31.0 Å². The number of pyridine rings is 1. The third-order valence-electron chi connectivity index (χ3n) is 2.38. The second-order valence-electron chi connectivity index (χ2n) is 3.71. The van der Waals surface area contributed by atoms with Crippen LogP contribution in [-0.2, 0) is 0 Å². The number of aromatic nitrogens is 1. The molecule has 14 heavy (non-hydrogen) atoms. The first-order valence-corrected chi connectivity index (χ1v) is 5.00. The van der Waals surface area contributed by atoms with Crippen LogP contribution in [0.1, 0.15) is 16.8 Å². The summed E-state index contributed by atoms with van der Waals surface area (Å²) < 4.78 is 0. The molecule has 2 heteroatoms. The van der Waals surface area contributed by atoms with Crippen LogP contribution < -0.4 is 0 Å². The van der Waals surface area contributed by atoms with Gasteiger partial charge in [-0.15, -0.1) is 0 Å². The van der Waals surface area contributed by atoms with E-state index in [1.54, 1.807) is 0 Å². The van der Waals surface area contributed by atoms with Crippen LogP contribution in [0, 0.1) is 20.8 Å². The minimum atomic E-state index is 0.738. The predicted octanol–water partition coefficient (Wildman–Crippen LogP) is 3.81. The fourth-order valence-corrected chi connectivity index (χ4v) is 1.88. The first-order chi connectivity index (χ1) is 6.58. The van der Waals surface area contributed by atoms with Crippen molar-refractivity contribution in [2.75, 3.05) is 0 Å². The van der Waals surface area contributed by atoms with Crippen LogP contribution in [-0.4, -0.2) is 4.98 Å². The number of hydrogen-bond acceptors (Lipinski definition) is 1. The quantitative estimate of drug-likeness (QED) is 0.637. The lowest BCUT2D eigenvalue weighted by Crippen LogP contribution is -1.89. The summed E-state index contributed by atoms with van der Waals surface area (Å²) in [6.07, 6.45) is 0. The molecule has 0 radical (unpaired) electrons. The summed E-state index contributed by atoms with van der Waals surface area (Å²) in [6, 6.07) is 6.24. The zero-order valence-corrected chi connectivity index (χ0v) is 9.31. The molecule has 0 bridgehead atoms. The van der Waals surface area contributed by atoms with Crippen LogP contribution in [0.25, 0.3) is 10.9 Å². The Morgan fingerprint density at radius 1 is 1.07 bits per heavy atom. The van der Waals surface area contributed by atoms with Gasteiger partial charge < -0.3 is 0 Å². The molecule has 0 saturated carbocycles. The van der Waals surface area contributed by atoms with Crippen LogP contribution >= 0.6 is 11.6 Å². The van der Waals surface area contributed by atoms with E-state index >= 15 is 0 Å². The van der Waals surface area contributed by atoms with E-state index in [1.165, 1.54) is 11.1 Å². The van der Waals surface area contributed by atoms with Crippen molar-refractivity contribution in [2.24, 2.45) is 0 Å². The second kappa shape index (κ2) is 3.25. The molecule has 1 nitrogen and oxygen atoms in total. The topological polar surface area (TPSA) is 12.9 Å². The van der Waals surface area contributed by atoms with Crippen molar-refractivity contribution in [1.29, 1.82) is 0 Å². The largest absolute Gasteiger partial charge is 0.251 e. The molecule has 0 N–H and O–H groups in total. The molecule has 0 atom stereocenters. The lowest BCUT2D eigenvalue weighted by Gasteiger charge is -2.05. The van der Waals surface area contributed by atoms with Crippen molar-refractivity contribution in [3.8, 4) is 0 Å². The number of fused-ring (bicyclic) bond motifs is 1. The summed E-state index contributed by atoms with van der Waals surface area (Å²) in [5, 5.41) is 1.86. The molecule has 2 aromatic rings. The number of aryl methyl sites for hydroxylation is 3. The fourth-order valence-electron chi connectivity index (χ4n) is 1.72. The Bertz CT molecular complexity index is 503. The van der Waals surface area contributed by atoms with Crippen LogP contribution in [0.4, 0.5) is 0 Å². The Labute approximate surface area is 88.7 Å². The summed E-state index contributed by atoms with van der Waals surface area (Å²) in [5.41, 5.74) is 4.40. The van der Waals surface area contributed by atoms with Gasteiger partial charge in [-0.2, -0.15) is 0 Å². The molecule has 0 spiro atoms. The highest BCUT2D eigenvalue weighted by Crippen LogP contribution is 2.23. The van der Waals surface area contributed by atoms with E-state index in [0.29, 0.717) is 0 Å². The Morgan fingerprint density at radius 2 is 1.79 bits per heavy atom. The van der Waals surface area contributed by atoms with Gasteiger partial charge in [-0.05, 0) is 38.5 Å². The van der Waals surface area contributed by atoms with Gasteiger partial charge in [-0.1, -0.05) is 23.2 Å². The van der Waals surface area contributed by atoms with Crippen LogP contribution in [0.3, 0.4) is 0 Å². The maximum absolute atomic E-state index is 6.03. The summed E-state index contributed by atoms with van der Waals surface area (Å²) in [6.45, 7) is 6.09. The third-order valence-corrected chi connectivity index (χ3v) is 2.76. The fraction of sp³-hybridized carbons (Fsp3) is 0.250. The summed E-state index contributed by atoms with van der Waals surface area (Å²) in [4.78, 5) is 4.48. The second-order valence-corrected chi connectivity index (χ2v) is 4.12. The van der Waals surface area contributed by atoms with Gasteiger partial charge in [0.25, 0.3) is 0 Å². The lowest BCUT2D eigenvalue weighted by atomic mass is 10.1. The monoisotopic (exact) mass is 205 g/mol. The predicted molar refractivity (Wildman–Crippen MR) is 61.0 cm³/mol. The van der Waals surface area contributed by atoms with Crippen LogP contribution in [0.5, 0.6) is 0 Å². The Kier molecular flexibility index (Phi) is 2.20. The SMILES string of the molecule is Cc1cc(C)c2nc(C)c(Cl)cc2c1. The van der Waals surface area contributed by atoms with Gasteiger partial charge in [0.15, 0.2) is 0 Å². The highest BCUT2D eigenvalue weighted by atomic mass is 35.5. The van der Waals surface area contributed by atoms with E-state index in [0.717, 1.165) is 21.6 Å². The molecule has 2 rings (SSSR count). The maximum Gasteiger partial charge on any atom is 0.0735 e. The molecule has 0 fully saturated rings. The molecule has 0 saturated heterocycles. The zero-order chi connectivity index (χ0) is 10.3. The van der Waals surface area contributed by atoms with Crippen molar-refractivity contribution in [3.63, 3.8) is 0 Å². The van der Waals surface area contributed by atoms with E-state index < -0.39 is 0 Å². The summed E-state index contributed by atoms with van der Waals surface area (Å²) >= 11 is 6.03. The third kappa shape index (κ3) is 1.48. The minimum absolute atomic E-state index is 0.738. The average Bonchev–Trinajstić information content (AvgIpc) is 2.08. The summed E-state index contributed by atoms with van der Waals surface area (Å²) in [7, 11) is 0. The zero-order valence-electron chi connectivity index (χ0n) is 8.56. The van der Waals surface area contributed by atoms with E-state index in [4.69, 9.17) is 11.6 Å². The standard InChI is InChI=1S/C12H12ClN/c1-7-4-8(2)12-10(5-7)6-11(13)9(3)14-12/h4-6H,1-3H3. The number of nitrogens with zero attached hydrogens (tertiary/aromatic N) is 1. The maximum atomic E-state index is 6.03. The van der Waals surface area contributed by atoms with Crippen molar-refractivity contribution in [1.82, 2.24) is 4.98 Å². The molecule has 1 aromatic carbocycles. The minimum Gasteiger partial charge on any atom is -0.251 e. The normalized spacial score (nSPS) is 10.9. The molecule has 1 aromatic heterocycles. The molecule has 0 amide bonds. The van der Waals surface area contributed by atoms with Crippen molar-refractivity contribution in [2.45, 2.75) is 20.8 Å². The van der Waals surface area contributed by atoms with Crippen molar-refractivity contribution < 1.29 is 0 Å². The van der Waals surface area contributed by atoms with Crippen LogP contribution in [0.15, 0.2) is 18.2 Å². The van der Waals surface area contributed by atoms with Gasteiger partial charge in [0.05, 0.1) is 16.2 Å². The first-order valence-electron chi connectivity index (χ1n) is 4.62. The number of hydrogen-bond donors (Lipinski definition) is 0. The highest BCUT2D eigenvalue weighted by Gasteiger charge is 2.03. The molecule has 0 aliphatic carbocycles. The average molecular weight is 206 g/mol. The molecule has 72 valence electrons. The lowest BCUT2D eigenvalue weighted by molar-refractivity contribution is 1.24. The van der Waals surface area contributed by atoms with Crippen molar-refractivity contribution in [3.05, 3.63) is 40.0 Å². The van der Waals surface area contributed by atoms with Gasteiger partial charge >= 0.3 is 0 Å². The van der Waals surface area contributed by atoms with Gasteiger partial charge in [0.2, 0.25) is 0 Å². The Hall–Kier alpha value is -1.08. The number of benzene rings is 1. The highest BCUT2D eigenvalue weighted by molar-refractivity contribution is 6.31. The van der Waals surface area contributed by atoms with Gasteiger partial charge in [0.1, 0.15) is 0 Å². The molecule has 1 heterocycles. The van der Waals surface area contributed by atoms with Gasteiger partial charge in [0, 0.05) is 5.39 Å².